The minimum Gasteiger partial charge on any atom is -0.383 e. The lowest BCUT2D eigenvalue weighted by atomic mass is 10.1. The number of rotatable bonds is 6. The number of carbonyl (C=O) groups excluding carboxylic acids is 1. The third kappa shape index (κ3) is 4.90. The SMILES string of the molecule is Cc1cc(C)c(NCCC(=O)NCC2CCCO2)c(Cl)c1. The Bertz CT molecular complexity index is 476. The molecule has 1 aromatic rings. The quantitative estimate of drug-likeness (QED) is 0.849. The molecule has 0 radical (unpaired) electrons. The fraction of sp³-hybridized carbons (Fsp3) is 0.562. The van der Waals surface area contributed by atoms with Crippen LogP contribution in [-0.4, -0.2) is 31.7 Å². The highest BCUT2D eigenvalue weighted by Gasteiger charge is 2.16. The van der Waals surface area contributed by atoms with Gasteiger partial charge in [0.05, 0.1) is 16.8 Å². The average Bonchev–Trinajstić information content (AvgIpc) is 2.92. The molecule has 1 atom stereocenters. The molecule has 1 aliphatic heterocycles. The molecule has 116 valence electrons. The summed E-state index contributed by atoms with van der Waals surface area (Å²) in [5.41, 5.74) is 3.14. The minimum atomic E-state index is 0.0406. The van der Waals surface area contributed by atoms with E-state index >= 15 is 0 Å². The van der Waals surface area contributed by atoms with E-state index in [2.05, 4.69) is 16.7 Å². The van der Waals surface area contributed by atoms with Crippen molar-refractivity contribution in [3.63, 3.8) is 0 Å². The van der Waals surface area contributed by atoms with Gasteiger partial charge in [0.25, 0.3) is 0 Å². The lowest BCUT2D eigenvalue weighted by Crippen LogP contribution is -2.32. The van der Waals surface area contributed by atoms with E-state index in [1.807, 2.05) is 19.9 Å². The van der Waals surface area contributed by atoms with Crippen LogP contribution in [0.3, 0.4) is 0 Å². The number of aryl methyl sites for hydroxylation is 2. The summed E-state index contributed by atoms with van der Waals surface area (Å²) >= 11 is 6.22. The first kappa shape index (κ1) is 16.1. The van der Waals surface area contributed by atoms with Crippen molar-refractivity contribution in [2.24, 2.45) is 0 Å². The molecule has 0 aromatic heterocycles. The van der Waals surface area contributed by atoms with Gasteiger partial charge in [-0.2, -0.15) is 0 Å². The van der Waals surface area contributed by atoms with Gasteiger partial charge < -0.3 is 15.4 Å². The van der Waals surface area contributed by atoms with Crippen molar-refractivity contribution in [1.82, 2.24) is 5.32 Å². The van der Waals surface area contributed by atoms with E-state index in [1.54, 1.807) is 0 Å². The van der Waals surface area contributed by atoms with E-state index in [0.29, 0.717) is 24.5 Å². The monoisotopic (exact) mass is 310 g/mol. The molecule has 2 rings (SSSR count). The summed E-state index contributed by atoms with van der Waals surface area (Å²) in [6.45, 7) is 6.03. The summed E-state index contributed by atoms with van der Waals surface area (Å²) in [7, 11) is 0. The molecule has 0 saturated carbocycles. The van der Waals surface area contributed by atoms with E-state index in [4.69, 9.17) is 16.3 Å². The fourth-order valence-corrected chi connectivity index (χ4v) is 2.95. The predicted octanol–water partition coefficient (Wildman–Crippen LogP) is 3.05. The molecule has 2 N–H and O–H groups in total. The van der Waals surface area contributed by atoms with Crippen molar-refractivity contribution >= 4 is 23.2 Å². The van der Waals surface area contributed by atoms with Gasteiger partial charge in [0.15, 0.2) is 0 Å². The smallest absolute Gasteiger partial charge is 0.221 e. The second kappa shape index (κ2) is 7.66. The Morgan fingerprint density at radius 1 is 1.43 bits per heavy atom. The summed E-state index contributed by atoms with van der Waals surface area (Å²) in [6.07, 6.45) is 2.75. The van der Waals surface area contributed by atoms with Crippen LogP contribution in [0.1, 0.15) is 30.4 Å². The lowest BCUT2D eigenvalue weighted by molar-refractivity contribution is -0.121. The minimum absolute atomic E-state index is 0.0406. The van der Waals surface area contributed by atoms with Gasteiger partial charge in [-0.25, -0.2) is 0 Å². The zero-order chi connectivity index (χ0) is 15.2. The number of carbonyl (C=O) groups is 1. The maximum absolute atomic E-state index is 11.8. The standard InChI is InChI=1S/C16H23ClN2O2/c1-11-8-12(2)16(14(17)9-11)18-6-5-15(20)19-10-13-4-3-7-21-13/h8-9,13,18H,3-7,10H2,1-2H3,(H,19,20). The first-order chi connectivity index (χ1) is 10.1. The molecule has 1 unspecified atom stereocenters. The highest BCUT2D eigenvalue weighted by Crippen LogP contribution is 2.27. The fourth-order valence-electron chi connectivity index (χ4n) is 2.56. The van der Waals surface area contributed by atoms with Crippen LogP contribution >= 0.6 is 11.6 Å². The van der Waals surface area contributed by atoms with Crippen LogP contribution < -0.4 is 10.6 Å². The summed E-state index contributed by atoms with van der Waals surface area (Å²) in [4.78, 5) is 11.8. The molecule has 0 bridgehead atoms. The molecule has 1 aromatic carbocycles. The molecular weight excluding hydrogens is 288 g/mol. The normalized spacial score (nSPS) is 17.8. The number of hydrogen-bond acceptors (Lipinski definition) is 3. The molecular formula is C16H23ClN2O2. The zero-order valence-electron chi connectivity index (χ0n) is 12.7. The molecule has 1 heterocycles. The highest BCUT2D eigenvalue weighted by atomic mass is 35.5. The number of anilines is 1. The maximum Gasteiger partial charge on any atom is 0.221 e. The van der Waals surface area contributed by atoms with Crippen molar-refractivity contribution in [2.75, 3.05) is 25.0 Å². The molecule has 0 spiro atoms. The van der Waals surface area contributed by atoms with E-state index in [-0.39, 0.29) is 12.0 Å². The van der Waals surface area contributed by atoms with Crippen LogP contribution in [-0.2, 0) is 9.53 Å². The van der Waals surface area contributed by atoms with Crippen molar-refractivity contribution < 1.29 is 9.53 Å². The van der Waals surface area contributed by atoms with Crippen LogP contribution in [0, 0.1) is 13.8 Å². The first-order valence-electron chi connectivity index (χ1n) is 7.45. The summed E-state index contributed by atoms with van der Waals surface area (Å²) in [5, 5.41) is 6.86. The molecule has 5 heteroatoms. The topological polar surface area (TPSA) is 50.4 Å². The molecule has 4 nitrogen and oxygen atoms in total. The Balaban J connectivity index is 1.72. The Morgan fingerprint density at radius 2 is 2.24 bits per heavy atom. The van der Waals surface area contributed by atoms with Crippen LogP contribution in [0.5, 0.6) is 0 Å². The van der Waals surface area contributed by atoms with Crippen LogP contribution in [0.15, 0.2) is 12.1 Å². The van der Waals surface area contributed by atoms with E-state index < -0.39 is 0 Å². The van der Waals surface area contributed by atoms with E-state index in [1.165, 1.54) is 0 Å². The van der Waals surface area contributed by atoms with Gasteiger partial charge in [0.2, 0.25) is 5.91 Å². The second-order valence-electron chi connectivity index (χ2n) is 5.55. The van der Waals surface area contributed by atoms with Crippen LogP contribution in [0.4, 0.5) is 5.69 Å². The van der Waals surface area contributed by atoms with Gasteiger partial charge in [0.1, 0.15) is 0 Å². The zero-order valence-corrected chi connectivity index (χ0v) is 13.4. The van der Waals surface area contributed by atoms with Gasteiger partial charge >= 0.3 is 0 Å². The predicted molar refractivity (Wildman–Crippen MR) is 86.0 cm³/mol. The molecule has 0 aliphatic carbocycles. The van der Waals surface area contributed by atoms with Gasteiger partial charge in [-0.15, -0.1) is 0 Å². The number of nitrogens with one attached hydrogen (secondary N) is 2. The first-order valence-corrected chi connectivity index (χ1v) is 7.83. The Labute approximate surface area is 131 Å². The molecule has 1 aliphatic rings. The second-order valence-corrected chi connectivity index (χ2v) is 5.96. The van der Waals surface area contributed by atoms with Crippen molar-refractivity contribution in [2.45, 2.75) is 39.2 Å². The molecule has 1 amide bonds. The van der Waals surface area contributed by atoms with Crippen molar-refractivity contribution in [3.05, 3.63) is 28.3 Å². The summed E-state index contributed by atoms with van der Waals surface area (Å²) < 4.78 is 5.47. The largest absolute Gasteiger partial charge is 0.383 e. The highest BCUT2D eigenvalue weighted by molar-refractivity contribution is 6.33. The third-order valence-corrected chi connectivity index (χ3v) is 3.93. The summed E-state index contributed by atoms with van der Waals surface area (Å²) in [5.74, 6) is 0.0406. The van der Waals surface area contributed by atoms with Crippen LogP contribution in [0.25, 0.3) is 0 Å². The lowest BCUT2D eigenvalue weighted by Gasteiger charge is -2.13. The average molecular weight is 311 g/mol. The third-order valence-electron chi connectivity index (χ3n) is 3.64. The van der Waals surface area contributed by atoms with Crippen LogP contribution in [0.2, 0.25) is 5.02 Å². The molecule has 21 heavy (non-hydrogen) atoms. The number of ether oxygens (including phenoxy) is 1. The molecule has 1 fully saturated rings. The maximum atomic E-state index is 11.8. The van der Waals surface area contributed by atoms with Gasteiger partial charge in [-0.1, -0.05) is 17.7 Å². The van der Waals surface area contributed by atoms with Crippen molar-refractivity contribution in [3.8, 4) is 0 Å². The van der Waals surface area contributed by atoms with E-state index in [0.717, 1.165) is 36.3 Å². The van der Waals surface area contributed by atoms with E-state index in [9.17, 15) is 4.79 Å². The Hall–Kier alpha value is -1.26. The van der Waals surface area contributed by atoms with Gasteiger partial charge in [0, 0.05) is 26.1 Å². The summed E-state index contributed by atoms with van der Waals surface area (Å²) in [6, 6.07) is 4.00. The molecule has 1 saturated heterocycles. The Kier molecular flexibility index (Phi) is 5.88. The van der Waals surface area contributed by atoms with Gasteiger partial charge in [-0.3, -0.25) is 4.79 Å². The van der Waals surface area contributed by atoms with Crippen molar-refractivity contribution in [1.29, 1.82) is 0 Å². The number of hydrogen-bond donors (Lipinski definition) is 2. The van der Waals surface area contributed by atoms with Gasteiger partial charge in [-0.05, 0) is 43.9 Å². The number of halogens is 1. The number of benzene rings is 1. The number of amides is 1. The Morgan fingerprint density at radius 3 is 2.90 bits per heavy atom.